The summed E-state index contributed by atoms with van der Waals surface area (Å²) in [6.07, 6.45) is 0.692. The number of primary amides is 1. The Kier molecular flexibility index (Phi) is 8.99. The highest BCUT2D eigenvalue weighted by Crippen LogP contribution is 1.99. The van der Waals surface area contributed by atoms with Crippen LogP contribution in [0.25, 0.3) is 0 Å². The fourth-order valence-corrected chi connectivity index (χ4v) is 2.20. The largest absolute Gasteiger partial charge is 0.370 e. The third-order valence-electron chi connectivity index (χ3n) is 3.75. The topological polar surface area (TPSA) is 184 Å². The van der Waals surface area contributed by atoms with Crippen molar-refractivity contribution in [2.24, 2.45) is 5.73 Å². The van der Waals surface area contributed by atoms with Gasteiger partial charge in [-0.1, -0.05) is 0 Å². The summed E-state index contributed by atoms with van der Waals surface area (Å²) in [7, 11) is 0. The monoisotopic (exact) mass is 395 g/mol. The molecule has 1 aromatic rings. The van der Waals surface area contributed by atoms with E-state index in [1.807, 2.05) is 0 Å². The molecule has 1 heterocycles. The second-order valence-electron chi connectivity index (χ2n) is 6.25. The highest BCUT2D eigenvalue weighted by atomic mass is 16.5. The summed E-state index contributed by atoms with van der Waals surface area (Å²) >= 11 is 0. The number of nitrogens with two attached hydrogens (primary N) is 1. The predicted molar refractivity (Wildman–Crippen MR) is 97.1 cm³/mol. The number of aliphatic hydroxyl groups excluding tert-OH is 1. The van der Waals surface area contributed by atoms with Crippen LogP contribution >= 0.6 is 0 Å². The molecule has 1 rings (SSSR count). The summed E-state index contributed by atoms with van der Waals surface area (Å²) in [4.78, 5) is 51.0. The van der Waals surface area contributed by atoms with Gasteiger partial charge in [-0.15, -0.1) is 0 Å². The summed E-state index contributed by atoms with van der Waals surface area (Å²) in [6.45, 7) is 2.82. The molecule has 7 N–H and O–H groups in total. The fourth-order valence-electron chi connectivity index (χ4n) is 2.20. The molecule has 3 atom stereocenters. The van der Waals surface area contributed by atoms with Crippen LogP contribution < -0.4 is 21.7 Å². The van der Waals surface area contributed by atoms with E-state index in [0.717, 1.165) is 5.56 Å². The van der Waals surface area contributed by atoms with Crippen molar-refractivity contribution in [2.45, 2.75) is 51.1 Å². The maximum absolute atomic E-state index is 12.2. The second kappa shape index (κ2) is 10.9. The molecule has 0 bridgehead atoms. The SMILES string of the molecule is C[C@H](NC(=O)Cc1ccncc1)C(=O)N[C@@H](C)C(=O)N[C@@H](CC(N)=O)C(O)O. The quantitative estimate of drug-likeness (QED) is 0.233. The Morgan fingerprint density at radius 2 is 1.54 bits per heavy atom. The van der Waals surface area contributed by atoms with Crippen LogP contribution in [0.3, 0.4) is 0 Å². The first-order valence-corrected chi connectivity index (χ1v) is 8.53. The Morgan fingerprint density at radius 3 is 2.07 bits per heavy atom. The van der Waals surface area contributed by atoms with Crippen LogP contribution in [0.4, 0.5) is 0 Å². The van der Waals surface area contributed by atoms with Crippen LogP contribution in [-0.4, -0.2) is 63.2 Å². The first kappa shape index (κ1) is 23.0. The number of amides is 4. The lowest BCUT2D eigenvalue weighted by molar-refractivity contribution is -0.134. The van der Waals surface area contributed by atoms with Crippen molar-refractivity contribution in [3.63, 3.8) is 0 Å². The summed E-state index contributed by atoms with van der Waals surface area (Å²) in [5.41, 5.74) is 5.71. The van der Waals surface area contributed by atoms with Crippen molar-refractivity contribution in [2.75, 3.05) is 0 Å². The summed E-state index contributed by atoms with van der Waals surface area (Å²) in [5, 5.41) is 25.5. The molecule has 0 radical (unpaired) electrons. The van der Waals surface area contributed by atoms with E-state index in [4.69, 9.17) is 5.73 Å². The predicted octanol–water partition coefficient (Wildman–Crippen LogP) is -2.70. The Balaban J connectivity index is 2.51. The molecule has 11 heteroatoms. The molecule has 0 aliphatic rings. The lowest BCUT2D eigenvalue weighted by atomic mass is 10.1. The Bertz CT molecular complexity index is 697. The molecule has 1 aromatic heterocycles. The van der Waals surface area contributed by atoms with Crippen molar-refractivity contribution in [1.82, 2.24) is 20.9 Å². The van der Waals surface area contributed by atoms with Gasteiger partial charge in [0.2, 0.25) is 23.6 Å². The zero-order chi connectivity index (χ0) is 21.3. The number of aromatic nitrogens is 1. The average Bonchev–Trinajstić information content (AvgIpc) is 2.61. The minimum absolute atomic E-state index is 0.0688. The molecule has 0 aliphatic carbocycles. The van der Waals surface area contributed by atoms with E-state index in [2.05, 4.69) is 20.9 Å². The number of carbonyl (C=O) groups excluding carboxylic acids is 4. The minimum Gasteiger partial charge on any atom is -0.370 e. The van der Waals surface area contributed by atoms with E-state index in [-0.39, 0.29) is 12.3 Å². The lowest BCUT2D eigenvalue weighted by Gasteiger charge is -2.23. The first-order valence-electron chi connectivity index (χ1n) is 8.53. The molecule has 154 valence electrons. The zero-order valence-corrected chi connectivity index (χ0v) is 15.6. The summed E-state index contributed by atoms with van der Waals surface area (Å²) in [6, 6.07) is 0.0846. The van der Waals surface area contributed by atoms with E-state index >= 15 is 0 Å². The van der Waals surface area contributed by atoms with Gasteiger partial charge in [0.25, 0.3) is 0 Å². The Morgan fingerprint density at radius 1 is 1.00 bits per heavy atom. The van der Waals surface area contributed by atoms with Crippen LogP contribution in [0.15, 0.2) is 24.5 Å². The van der Waals surface area contributed by atoms with Gasteiger partial charge in [-0.3, -0.25) is 24.2 Å². The summed E-state index contributed by atoms with van der Waals surface area (Å²) in [5.74, 6) is -2.57. The molecule has 11 nitrogen and oxygen atoms in total. The van der Waals surface area contributed by atoms with Crippen LogP contribution in [0.2, 0.25) is 0 Å². The highest BCUT2D eigenvalue weighted by Gasteiger charge is 2.26. The third-order valence-corrected chi connectivity index (χ3v) is 3.75. The molecule has 0 saturated carbocycles. The number of carbonyl (C=O) groups is 4. The number of aliphatic hydroxyl groups is 2. The molecule has 0 aliphatic heterocycles. The normalized spacial score (nSPS) is 13.9. The van der Waals surface area contributed by atoms with E-state index in [1.165, 1.54) is 13.8 Å². The van der Waals surface area contributed by atoms with E-state index in [9.17, 15) is 29.4 Å². The average molecular weight is 395 g/mol. The van der Waals surface area contributed by atoms with Crippen LogP contribution in [0.5, 0.6) is 0 Å². The number of hydrogen-bond acceptors (Lipinski definition) is 7. The van der Waals surface area contributed by atoms with Crippen LogP contribution in [-0.2, 0) is 25.6 Å². The van der Waals surface area contributed by atoms with Gasteiger partial charge >= 0.3 is 0 Å². The standard InChI is InChI=1S/C17H25N5O6/c1-9(20-14(24)7-11-3-5-19-6-4-11)15(25)21-10(2)16(26)22-12(17(27)28)8-13(18)23/h3-6,9-10,12,17,27-28H,7-8H2,1-2H3,(H2,18,23)(H,20,24)(H,21,25)(H,22,26)/t9-,10-,12-/m0/s1. The van der Waals surface area contributed by atoms with Crippen molar-refractivity contribution < 1.29 is 29.4 Å². The minimum atomic E-state index is -1.99. The molecule has 0 aromatic carbocycles. The van der Waals surface area contributed by atoms with Gasteiger partial charge in [0, 0.05) is 12.4 Å². The number of pyridine rings is 1. The van der Waals surface area contributed by atoms with Crippen molar-refractivity contribution in [1.29, 1.82) is 0 Å². The third kappa shape index (κ3) is 8.10. The smallest absolute Gasteiger partial charge is 0.242 e. The second-order valence-corrected chi connectivity index (χ2v) is 6.25. The van der Waals surface area contributed by atoms with E-state index < -0.39 is 48.6 Å². The van der Waals surface area contributed by atoms with Gasteiger partial charge in [0.1, 0.15) is 12.1 Å². The summed E-state index contributed by atoms with van der Waals surface area (Å²) < 4.78 is 0. The Hall–Kier alpha value is -3.05. The molecular weight excluding hydrogens is 370 g/mol. The van der Waals surface area contributed by atoms with Gasteiger partial charge in [0.15, 0.2) is 6.29 Å². The van der Waals surface area contributed by atoms with Crippen LogP contribution in [0, 0.1) is 0 Å². The van der Waals surface area contributed by atoms with E-state index in [1.54, 1.807) is 24.5 Å². The molecule has 0 saturated heterocycles. The molecule has 4 amide bonds. The lowest BCUT2D eigenvalue weighted by Crippen LogP contribution is -2.55. The van der Waals surface area contributed by atoms with E-state index in [0.29, 0.717) is 0 Å². The van der Waals surface area contributed by atoms with Gasteiger partial charge in [-0.05, 0) is 31.5 Å². The van der Waals surface area contributed by atoms with Crippen LogP contribution in [0.1, 0.15) is 25.8 Å². The van der Waals surface area contributed by atoms with Crippen molar-refractivity contribution in [3.8, 4) is 0 Å². The molecule has 28 heavy (non-hydrogen) atoms. The number of nitrogens with one attached hydrogen (secondary N) is 3. The highest BCUT2D eigenvalue weighted by molar-refractivity contribution is 5.92. The number of rotatable bonds is 10. The molecular formula is C17H25N5O6. The van der Waals surface area contributed by atoms with Crippen molar-refractivity contribution in [3.05, 3.63) is 30.1 Å². The fraction of sp³-hybridized carbons (Fsp3) is 0.471. The van der Waals surface area contributed by atoms with Gasteiger partial charge in [-0.25, -0.2) is 0 Å². The van der Waals surface area contributed by atoms with Gasteiger partial charge in [-0.2, -0.15) is 0 Å². The maximum Gasteiger partial charge on any atom is 0.242 e. The molecule has 0 fully saturated rings. The Labute approximate surface area is 161 Å². The zero-order valence-electron chi connectivity index (χ0n) is 15.6. The molecule has 0 spiro atoms. The number of nitrogens with zero attached hydrogens (tertiary/aromatic N) is 1. The molecule has 0 unspecified atom stereocenters. The van der Waals surface area contributed by atoms with Crippen molar-refractivity contribution >= 4 is 23.6 Å². The van der Waals surface area contributed by atoms with Gasteiger partial charge in [0.05, 0.1) is 18.9 Å². The first-order chi connectivity index (χ1) is 13.1. The number of hydrogen-bond donors (Lipinski definition) is 6. The van der Waals surface area contributed by atoms with Gasteiger partial charge < -0.3 is 31.9 Å². The maximum atomic E-state index is 12.2.